The molecule has 0 unspecified atom stereocenters. The maximum absolute atomic E-state index is 5.05. The lowest BCUT2D eigenvalue weighted by Crippen LogP contribution is -2.03. The molecule has 0 aliphatic heterocycles. The highest BCUT2D eigenvalue weighted by atomic mass is 32.2. The van der Waals surface area contributed by atoms with Gasteiger partial charge in [-0.3, -0.25) is 0 Å². The van der Waals surface area contributed by atoms with Crippen molar-refractivity contribution in [3.05, 3.63) is 17.0 Å². The minimum absolute atomic E-state index is 0.257. The van der Waals surface area contributed by atoms with Gasteiger partial charge in [0.05, 0.1) is 7.11 Å². The van der Waals surface area contributed by atoms with Gasteiger partial charge in [-0.1, -0.05) is 0 Å². The van der Waals surface area contributed by atoms with E-state index in [1.54, 1.807) is 7.05 Å². The number of aryl methyl sites for hydroxylation is 2. The number of hydrogen-bond acceptors (Lipinski definition) is 8. The Kier molecular flexibility index (Phi) is 4.33. The third kappa shape index (κ3) is 3.13. The molecule has 2 rings (SSSR count). The Morgan fingerprint density at radius 2 is 1.50 bits per heavy atom. The van der Waals surface area contributed by atoms with E-state index < -0.39 is 0 Å². The molecule has 0 aliphatic carbocycles. The molecule has 2 heterocycles. The summed E-state index contributed by atoms with van der Waals surface area (Å²) in [6, 6.07) is 0.257. The first kappa shape index (κ1) is 14.4. The Balaban J connectivity index is 2.34. The minimum atomic E-state index is 0.257. The van der Waals surface area contributed by atoms with E-state index in [4.69, 9.17) is 4.74 Å². The zero-order valence-corrected chi connectivity index (χ0v) is 12.9. The lowest BCUT2D eigenvalue weighted by atomic mass is 10.2. The maximum Gasteiger partial charge on any atom is 0.321 e. The van der Waals surface area contributed by atoms with Crippen LogP contribution in [-0.2, 0) is 0 Å². The fourth-order valence-corrected chi connectivity index (χ4v) is 2.24. The van der Waals surface area contributed by atoms with Crippen molar-refractivity contribution in [2.45, 2.75) is 31.1 Å². The van der Waals surface area contributed by atoms with Crippen LogP contribution >= 0.6 is 11.8 Å². The van der Waals surface area contributed by atoms with Crippen LogP contribution in [0.5, 0.6) is 6.01 Å². The number of anilines is 1. The molecule has 2 aromatic heterocycles. The van der Waals surface area contributed by atoms with Crippen molar-refractivity contribution >= 4 is 17.7 Å². The van der Waals surface area contributed by atoms with E-state index in [2.05, 4.69) is 30.2 Å². The number of aromatic nitrogens is 5. The van der Waals surface area contributed by atoms with Crippen LogP contribution in [0.15, 0.2) is 10.3 Å². The Bertz CT molecular complexity index is 588. The predicted octanol–water partition coefficient (Wildman–Crippen LogP) is 1.79. The van der Waals surface area contributed by atoms with Crippen LogP contribution in [0.3, 0.4) is 0 Å². The van der Waals surface area contributed by atoms with E-state index in [0.717, 1.165) is 17.0 Å². The Hall–Kier alpha value is -1.96. The van der Waals surface area contributed by atoms with Gasteiger partial charge in [-0.25, -0.2) is 9.97 Å². The van der Waals surface area contributed by atoms with Crippen LogP contribution in [0.1, 0.15) is 17.0 Å². The quantitative estimate of drug-likeness (QED) is 0.854. The van der Waals surface area contributed by atoms with E-state index in [1.807, 2.05) is 20.8 Å². The summed E-state index contributed by atoms with van der Waals surface area (Å²) in [5.74, 6) is 0.444. The molecule has 7 nitrogen and oxygen atoms in total. The number of nitrogens with zero attached hydrogens (tertiary/aromatic N) is 5. The first-order valence-electron chi connectivity index (χ1n) is 6.01. The van der Waals surface area contributed by atoms with E-state index in [1.165, 1.54) is 18.9 Å². The number of rotatable bonds is 4. The Morgan fingerprint density at radius 3 is 2.05 bits per heavy atom. The Morgan fingerprint density at radius 1 is 0.900 bits per heavy atom. The van der Waals surface area contributed by atoms with Crippen molar-refractivity contribution in [2.24, 2.45) is 0 Å². The summed E-state index contributed by atoms with van der Waals surface area (Å²) in [6.07, 6.45) is 0. The average Bonchev–Trinajstić information content (AvgIpc) is 2.44. The van der Waals surface area contributed by atoms with Gasteiger partial charge in [0, 0.05) is 18.4 Å². The van der Waals surface area contributed by atoms with Gasteiger partial charge >= 0.3 is 6.01 Å². The summed E-state index contributed by atoms with van der Waals surface area (Å²) in [5, 5.41) is 3.96. The van der Waals surface area contributed by atoms with Gasteiger partial charge in [0.15, 0.2) is 5.16 Å². The number of nitrogens with one attached hydrogen (secondary N) is 1. The standard InChI is InChI=1S/C12H16N6OS/c1-6-7(2)14-11(15-8(6)3)20-12-17-9(13-4)16-10(18-12)19-5/h1-5H3,(H,13,16,17,18). The van der Waals surface area contributed by atoms with Crippen LogP contribution in [0, 0.1) is 20.8 Å². The zero-order valence-electron chi connectivity index (χ0n) is 12.1. The molecule has 0 spiro atoms. The molecule has 0 atom stereocenters. The van der Waals surface area contributed by atoms with Gasteiger partial charge in [0.1, 0.15) is 0 Å². The zero-order chi connectivity index (χ0) is 14.7. The first-order chi connectivity index (χ1) is 9.53. The molecule has 20 heavy (non-hydrogen) atoms. The summed E-state index contributed by atoms with van der Waals surface area (Å²) in [5.41, 5.74) is 3.00. The molecule has 1 N–H and O–H groups in total. The lowest BCUT2D eigenvalue weighted by Gasteiger charge is -2.07. The van der Waals surface area contributed by atoms with E-state index in [9.17, 15) is 0 Å². The monoisotopic (exact) mass is 292 g/mol. The molecule has 0 saturated heterocycles. The molecule has 0 bridgehead atoms. The van der Waals surface area contributed by atoms with Crippen LogP contribution in [-0.4, -0.2) is 39.1 Å². The van der Waals surface area contributed by atoms with Crippen molar-refractivity contribution in [1.82, 2.24) is 24.9 Å². The molecule has 0 radical (unpaired) electrons. The number of hydrogen-bond donors (Lipinski definition) is 1. The lowest BCUT2D eigenvalue weighted by molar-refractivity contribution is 0.374. The van der Waals surface area contributed by atoms with Crippen LogP contribution < -0.4 is 10.1 Å². The SMILES string of the molecule is CNc1nc(OC)nc(Sc2nc(C)c(C)c(C)n2)n1. The normalized spacial score (nSPS) is 10.4. The highest BCUT2D eigenvalue weighted by Gasteiger charge is 2.11. The first-order valence-corrected chi connectivity index (χ1v) is 6.82. The van der Waals surface area contributed by atoms with Gasteiger partial charge in [-0.15, -0.1) is 0 Å². The molecule has 0 aliphatic rings. The number of methoxy groups -OCH3 is 1. The van der Waals surface area contributed by atoms with Gasteiger partial charge < -0.3 is 10.1 Å². The second-order valence-corrected chi connectivity index (χ2v) is 5.02. The van der Waals surface area contributed by atoms with Crippen LogP contribution in [0.2, 0.25) is 0 Å². The summed E-state index contributed by atoms with van der Waals surface area (Å²) < 4.78 is 5.05. The van der Waals surface area contributed by atoms with Gasteiger partial charge in [-0.2, -0.15) is 15.0 Å². The van der Waals surface area contributed by atoms with E-state index in [-0.39, 0.29) is 6.01 Å². The molecule has 0 amide bonds. The van der Waals surface area contributed by atoms with Crippen molar-refractivity contribution in [3.63, 3.8) is 0 Å². The molecule has 0 aromatic carbocycles. The fourth-order valence-electron chi connectivity index (χ4n) is 1.46. The Labute approximate surface area is 121 Å². The largest absolute Gasteiger partial charge is 0.467 e. The molecule has 2 aromatic rings. The molecule has 0 fully saturated rings. The molecule has 106 valence electrons. The van der Waals surface area contributed by atoms with Gasteiger partial charge in [0.25, 0.3) is 0 Å². The minimum Gasteiger partial charge on any atom is -0.467 e. The van der Waals surface area contributed by atoms with Crippen molar-refractivity contribution < 1.29 is 4.74 Å². The third-order valence-corrected chi connectivity index (χ3v) is 3.53. The van der Waals surface area contributed by atoms with Gasteiger partial charge in [-0.05, 0) is 38.1 Å². The summed E-state index contributed by atoms with van der Waals surface area (Å²) in [6.45, 7) is 5.92. The van der Waals surface area contributed by atoms with Crippen molar-refractivity contribution in [3.8, 4) is 6.01 Å². The number of ether oxygens (including phenoxy) is 1. The second kappa shape index (κ2) is 6.00. The van der Waals surface area contributed by atoms with E-state index in [0.29, 0.717) is 16.3 Å². The molecule has 0 saturated carbocycles. The summed E-state index contributed by atoms with van der Waals surface area (Å²) in [7, 11) is 3.25. The summed E-state index contributed by atoms with van der Waals surface area (Å²) >= 11 is 1.28. The smallest absolute Gasteiger partial charge is 0.321 e. The predicted molar refractivity (Wildman–Crippen MR) is 76.3 cm³/mol. The maximum atomic E-state index is 5.05. The van der Waals surface area contributed by atoms with Crippen molar-refractivity contribution in [2.75, 3.05) is 19.5 Å². The average molecular weight is 292 g/mol. The van der Waals surface area contributed by atoms with Crippen LogP contribution in [0.4, 0.5) is 5.95 Å². The molecule has 8 heteroatoms. The van der Waals surface area contributed by atoms with Crippen LogP contribution in [0.25, 0.3) is 0 Å². The highest BCUT2D eigenvalue weighted by Crippen LogP contribution is 2.24. The molecular formula is C12H16N6OS. The topological polar surface area (TPSA) is 85.7 Å². The van der Waals surface area contributed by atoms with E-state index >= 15 is 0 Å². The fraction of sp³-hybridized carbons (Fsp3) is 0.417. The third-order valence-electron chi connectivity index (χ3n) is 2.80. The van der Waals surface area contributed by atoms with Gasteiger partial charge in [0.2, 0.25) is 11.1 Å². The molecular weight excluding hydrogens is 276 g/mol. The van der Waals surface area contributed by atoms with Crippen molar-refractivity contribution in [1.29, 1.82) is 0 Å². The summed E-state index contributed by atoms with van der Waals surface area (Å²) in [4.78, 5) is 21.3. The second-order valence-electron chi connectivity index (χ2n) is 4.08. The highest BCUT2D eigenvalue weighted by molar-refractivity contribution is 7.99.